The largest absolute Gasteiger partial charge is 0.413 e. The zero-order valence-corrected chi connectivity index (χ0v) is 9.63. The average Bonchev–Trinajstić information content (AvgIpc) is 2.83. The first-order valence-electron chi connectivity index (χ1n) is 5.32. The SMILES string of the molecule is O=C(OC(=S)c1ccccc1)C1CCCN1. The molecule has 1 saturated heterocycles. The highest BCUT2D eigenvalue weighted by molar-refractivity contribution is 7.80. The van der Waals surface area contributed by atoms with Gasteiger partial charge in [-0.25, -0.2) is 4.79 Å². The molecule has 0 spiro atoms. The van der Waals surface area contributed by atoms with Gasteiger partial charge in [-0.05, 0) is 31.6 Å². The summed E-state index contributed by atoms with van der Waals surface area (Å²) in [6.07, 6.45) is 1.84. The van der Waals surface area contributed by atoms with Gasteiger partial charge in [-0.1, -0.05) is 30.3 Å². The number of hydrogen-bond donors (Lipinski definition) is 1. The van der Waals surface area contributed by atoms with Crippen LogP contribution in [0.4, 0.5) is 0 Å². The second kappa shape index (κ2) is 5.18. The minimum Gasteiger partial charge on any atom is -0.413 e. The van der Waals surface area contributed by atoms with Crippen molar-refractivity contribution in [1.82, 2.24) is 5.32 Å². The molecule has 1 aliphatic heterocycles. The standard InChI is InChI=1S/C12H13NO2S/c14-11(10-7-4-8-13-10)15-12(16)9-5-2-1-3-6-9/h1-3,5-6,10,13H,4,7-8H2. The lowest BCUT2D eigenvalue weighted by molar-refractivity contribution is -0.137. The number of rotatable bonds is 2. The van der Waals surface area contributed by atoms with E-state index in [1.807, 2.05) is 30.3 Å². The van der Waals surface area contributed by atoms with Crippen LogP contribution < -0.4 is 5.32 Å². The smallest absolute Gasteiger partial charge is 0.329 e. The summed E-state index contributed by atoms with van der Waals surface area (Å²) in [7, 11) is 0. The summed E-state index contributed by atoms with van der Waals surface area (Å²) in [5.41, 5.74) is 0.767. The molecule has 84 valence electrons. The number of esters is 1. The van der Waals surface area contributed by atoms with E-state index in [0.717, 1.165) is 24.9 Å². The van der Waals surface area contributed by atoms with Gasteiger partial charge in [0.15, 0.2) is 0 Å². The monoisotopic (exact) mass is 235 g/mol. The maximum Gasteiger partial charge on any atom is 0.329 e. The Morgan fingerprint density at radius 1 is 1.38 bits per heavy atom. The van der Waals surface area contributed by atoms with E-state index in [9.17, 15) is 4.79 Å². The van der Waals surface area contributed by atoms with Crippen molar-refractivity contribution < 1.29 is 9.53 Å². The zero-order valence-electron chi connectivity index (χ0n) is 8.81. The fourth-order valence-corrected chi connectivity index (χ4v) is 1.90. The topological polar surface area (TPSA) is 38.3 Å². The number of benzene rings is 1. The van der Waals surface area contributed by atoms with E-state index in [0.29, 0.717) is 0 Å². The van der Waals surface area contributed by atoms with Crippen LogP contribution in [-0.2, 0) is 9.53 Å². The molecule has 1 N–H and O–H groups in total. The average molecular weight is 235 g/mol. The molecule has 1 aromatic rings. The molecule has 0 saturated carbocycles. The lowest BCUT2D eigenvalue weighted by Crippen LogP contribution is -2.33. The van der Waals surface area contributed by atoms with Crippen LogP contribution in [0.1, 0.15) is 18.4 Å². The summed E-state index contributed by atoms with van der Waals surface area (Å²) in [6.45, 7) is 0.873. The minimum atomic E-state index is -0.272. The summed E-state index contributed by atoms with van der Waals surface area (Å²) in [4.78, 5) is 11.7. The second-order valence-corrected chi connectivity index (χ2v) is 4.09. The fraction of sp³-hybridized carbons (Fsp3) is 0.333. The summed E-state index contributed by atoms with van der Waals surface area (Å²) < 4.78 is 5.15. The molecule has 1 unspecified atom stereocenters. The van der Waals surface area contributed by atoms with Crippen molar-refractivity contribution in [3.8, 4) is 0 Å². The van der Waals surface area contributed by atoms with E-state index in [4.69, 9.17) is 17.0 Å². The van der Waals surface area contributed by atoms with Gasteiger partial charge in [-0.15, -0.1) is 0 Å². The summed E-state index contributed by atoms with van der Waals surface area (Å²) in [5.74, 6) is -0.272. The first-order chi connectivity index (χ1) is 7.77. The van der Waals surface area contributed by atoms with Gasteiger partial charge in [0.1, 0.15) is 6.04 Å². The highest BCUT2D eigenvalue weighted by Gasteiger charge is 2.24. The van der Waals surface area contributed by atoms with Crippen molar-refractivity contribution in [2.24, 2.45) is 0 Å². The molecule has 0 amide bonds. The molecule has 1 aliphatic rings. The van der Waals surface area contributed by atoms with Crippen LogP contribution in [0.25, 0.3) is 0 Å². The molecule has 0 bridgehead atoms. The third kappa shape index (κ3) is 2.65. The summed E-state index contributed by atoms with van der Waals surface area (Å²) in [6, 6.07) is 9.09. The Morgan fingerprint density at radius 2 is 2.12 bits per heavy atom. The van der Waals surface area contributed by atoms with Crippen molar-refractivity contribution in [3.63, 3.8) is 0 Å². The van der Waals surface area contributed by atoms with Gasteiger partial charge >= 0.3 is 5.97 Å². The Hall–Kier alpha value is -1.26. The molecule has 16 heavy (non-hydrogen) atoms. The van der Waals surface area contributed by atoms with Gasteiger partial charge in [0, 0.05) is 5.56 Å². The molecular weight excluding hydrogens is 222 g/mol. The quantitative estimate of drug-likeness (QED) is 0.625. The van der Waals surface area contributed by atoms with Crippen molar-refractivity contribution in [3.05, 3.63) is 35.9 Å². The molecule has 2 rings (SSSR count). The van der Waals surface area contributed by atoms with Gasteiger partial charge < -0.3 is 10.1 Å². The Balaban J connectivity index is 1.94. The molecule has 0 aliphatic carbocycles. The number of carbonyl (C=O) groups is 1. The highest BCUT2D eigenvalue weighted by atomic mass is 32.1. The van der Waals surface area contributed by atoms with Gasteiger partial charge in [-0.2, -0.15) is 0 Å². The Labute approximate surface area is 99.8 Å². The van der Waals surface area contributed by atoms with Gasteiger partial charge in [0.2, 0.25) is 5.05 Å². The zero-order chi connectivity index (χ0) is 11.4. The summed E-state index contributed by atoms with van der Waals surface area (Å²) in [5, 5.41) is 3.33. The first kappa shape index (κ1) is 11.2. The summed E-state index contributed by atoms with van der Waals surface area (Å²) >= 11 is 5.06. The lowest BCUT2D eigenvalue weighted by atomic mass is 10.2. The van der Waals surface area contributed by atoms with E-state index in [2.05, 4.69) is 5.32 Å². The van der Waals surface area contributed by atoms with E-state index in [-0.39, 0.29) is 17.1 Å². The molecule has 4 heteroatoms. The van der Waals surface area contributed by atoms with Crippen LogP contribution in [0.15, 0.2) is 30.3 Å². The van der Waals surface area contributed by atoms with Crippen LogP contribution >= 0.6 is 12.2 Å². The predicted molar refractivity (Wildman–Crippen MR) is 65.3 cm³/mol. The molecule has 0 radical (unpaired) electrons. The normalized spacial score (nSPS) is 19.4. The lowest BCUT2D eigenvalue weighted by Gasteiger charge is -2.10. The molecule has 1 fully saturated rings. The Kier molecular flexibility index (Phi) is 3.64. The number of thiocarbonyl (C=S) groups is 1. The number of carbonyl (C=O) groups excluding carboxylic acids is 1. The molecule has 3 nitrogen and oxygen atoms in total. The molecule has 1 heterocycles. The van der Waals surface area contributed by atoms with Gasteiger partial charge in [0.05, 0.1) is 0 Å². The van der Waals surface area contributed by atoms with Crippen molar-refractivity contribution in [2.45, 2.75) is 18.9 Å². The van der Waals surface area contributed by atoms with E-state index in [1.54, 1.807) is 0 Å². The molecule has 1 aromatic carbocycles. The van der Waals surface area contributed by atoms with Crippen molar-refractivity contribution in [2.75, 3.05) is 6.54 Å². The third-order valence-electron chi connectivity index (χ3n) is 2.55. The fourth-order valence-electron chi connectivity index (χ4n) is 1.68. The van der Waals surface area contributed by atoms with Crippen molar-refractivity contribution in [1.29, 1.82) is 0 Å². The minimum absolute atomic E-state index is 0.193. The maximum atomic E-state index is 11.7. The first-order valence-corrected chi connectivity index (χ1v) is 5.72. The van der Waals surface area contributed by atoms with Gasteiger partial charge in [0.25, 0.3) is 0 Å². The van der Waals surface area contributed by atoms with Crippen LogP contribution in [0.3, 0.4) is 0 Å². The van der Waals surface area contributed by atoms with Crippen LogP contribution in [0.2, 0.25) is 0 Å². The van der Waals surface area contributed by atoms with Crippen LogP contribution in [0.5, 0.6) is 0 Å². The number of hydrogen-bond acceptors (Lipinski definition) is 4. The third-order valence-corrected chi connectivity index (χ3v) is 2.87. The van der Waals surface area contributed by atoms with E-state index >= 15 is 0 Å². The van der Waals surface area contributed by atoms with Crippen molar-refractivity contribution >= 4 is 23.2 Å². The second-order valence-electron chi connectivity index (χ2n) is 3.72. The van der Waals surface area contributed by atoms with E-state index in [1.165, 1.54) is 0 Å². The maximum absolute atomic E-state index is 11.7. The Bertz CT molecular complexity index is 385. The number of nitrogens with one attached hydrogen (secondary N) is 1. The molecule has 0 aromatic heterocycles. The molecule has 1 atom stereocenters. The highest BCUT2D eigenvalue weighted by Crippen LogP contribution is 2.09. The van der Waals surface area contributed by atoms with Crippen LogP contribution in [-0.4, -0.2) is 23.6 Å². The predicted octanol–water partition coefficient (Wildman–Crippen LogP) is 1.66. The van der Waals surface area contributed by atoms with E-state index < -0.39 is 0 Å². The molecular formula is C12H13NO2S. The number of ether oxygens (including phenoxy) is 1. The Morgan fingerprint density at radius 3 is 2.75 bits per heavy atom. The van der Waals surface area contributed by atoms with Gasteiger partial charge in [-0.3, -0.25) is 0 Å². The van der Waals surface area contributed by atoms with Crippen LogP contribution in [0, 0.1) is 0 Å².